The lowest BCUT2D eigenvalue weighted by molar-refractivity contribution is 0.410. The molecule has 0 heterocycles. The number of hydrogen-bond acceptors (Lipinski definition) is 2. The topological polar surface area (TPSA) is 24.1 Å². The minimum absolute atomic E-state index is 0.0353. The highest BCUT2D eigenvalue weighted by Gasteiger charge is 2.12. The molecule has 0 aliphatic carbocycles. The molecule has 0 saturated heterocycles. The normalized spacial score (nSPS) is 13.6. The molecule has 108 valence electrons. The zero-order valence-corrected chi connectivity index (χ0v) is 12.2. The van der Waals surface area contributed by atoms with Crippen LogP contribution in [0.1, 0.15) is 33.3 Å². The highest BCUT2D eigenvalue weighted by atomic mass is 19.1. The number of rotatable bonds is 6. The van der Waals surface area contributed by atoms with Gasteiger partial charge in [-0.15, -0.1) is 0 Å². The Kier molecular flexibility index (Phi) is 5.88. The molecule has 0 aromatic heterocycles. The van der Waals surface area contributed by atoms with Crippen molar-refractivity contribution in [3.63, 3.8) is 0 Å². The van der Waals surface area contributed by atoms with Gasteiger partial charge in [0.25, 0.3) is 0 Å². The van der Waals surface area contributed by atoms with Crippen LogP contribution in [0.25, 0.3) is 0 Å². The van der Waals surface area contributed by atoms with Gasteiger partial charge in [0, 0.05) is 30.2 Å². The molecule has 0 fully saturated rings. The van der Waals surface area contributed by atoms with Crippen LogP contribution >= 0.6 is 0 Å². The van der Waals surface area contributed by atoms with Crippen LogP contribution in [0, 0.1) is 11.6 Å². The second-order valence-corrected chi connectivity index (χ2v) is 5.94. The van der Waals surface area contributed by atoms with E-state index in [-0.39, 0.29) is 17.1 Å². The Labute approximate surface area is 114 Å². The van der Waals surface area contributed by atoms with E-state index in [1.807, 2.05) is 6.92 Å². The van der Waals surface area contributed by atoms with Gasteiger partial charge in [0.2, 0.25) is 0 Å². The van der Waals surface area contributed by atoms with Crippen LogP contribution in [0.2, 0.25) is 0 Å². The Bertz CT molecular complexity index is 379. The largest absolute Gasteiger partial charge is 0.313 e. The molecule has 0 amide bonds. The predicted molar refractivity (Wildman–Crippen MR) is 75.3 cm³/mol. The Hall–Kier alpha value is -1.00. The fourth-order valence-electron chi connectivity index (χ4n) is 1.86. The molecule has 0 aliphatic heterocycles. The van der Waals surface area contributed by atoms with E-state index < -0.39 is 11.6 Å². The van der Waals surface area contributed by atoms with Crippen molar-refractivity contribution in [2.24, 2.45) is 0 Å². The third-order valence-electron chi connectivity index (χ3n) is 2.85. The highest BCUT2D eigenvalue weighted by Crippen LogP contribution is 2.13. The fraction of sp³-hybridized carbons (Fsp3) is 0.600. The highest BCUT2D eigenvalue weighted by molar-refractivity contribution is 5.20. The van der Waals surface area contributed by atoms with Gasteiger partial charge in [-0.3, -0.25) is 0 Å². The van der Waals surface area contributed by atoms with Crippen molar-refractivity contribution in [2.45, 2.75) is 45.7 Å². The molecule has 19 heavy (non-hydrogen) atoms. The van der Waals surface area contributed by atoms with Crippen molar-refractivity contribution in [1.82, 2.24) is 10.6 Å². The Morgan fingerprint density at radius 1 is 1.11 bits per heavy atom. The van der Waals surface area contributed by atoms with Crippen molar-refractivity contribution in [3.05, 3.63) is 35.4 Å². The van der Waals surface area contributed by atoms with Crippen LogP contribution < -0.4 is 10.6 Å². The molecule has 2 nitrogen and oxygen atoms in total. The molecule has 0 saturated carbocycles. The van der Waals surface area contributed by atoms with Crippen molar-refractivity contribution in [2.75, 3.05) is 13.1 Å². The lowest BCUT2D eigenvalue weighted by Gasteiger charge is -2.22. The molecular formula is C15H24F2N2. The molecule has 0 aliphatic rings. The lowest BCUT2D eigenvalue weighted by atomic mass is 10.1. The summed E-state index contributed by atoms with van der Waals surface area (Å²) in [7, 11) is 0. The number of nitrogens with one attached hydrogen (secondary N) is 2. The van der Waals surface area contributed by atoms with Gasteiger partial charge in [-0.25, -0.2) is 8.78 Å². The molecule has 0 spiro atoms. The first-order valence-electron chi connectivity index (χ1n) is 6.71. The number of hydrogen-bond donors (Lipinski definition) is 2. The summed E-state index contributed by atoms with van der Waals surface area (Å²) >= 11 is 0. The Morgan fingerprint density at radius 2 is 1.68 bits per heavy atom. The standard InChI is InChI=1S/C15H24F2N2/c1-11(18-8-9-19-15(2,3)4)10-12-13(16)6-5-7-14(12)17/h5-7,11,18-19H,8-10H2,1-4H3. The first-order chi connectivity index (χ1) is 8.79. The summed E-state index contributed by atoms with van der Waals surface area (Å²) in [6.07, 6.45) is 0.355. The van der Waals surface area contributed by atoms with Crippen LogP contribution in [0.4, 0.5) is 8.78 Å². The lowest BCUT2D eigenvalue weighted by Crippen LogP contribution is -2.42. The molecule has 1 rings (SSSR count). The summed E-state index contributed by atoms with van der Waals surface area (Å²) in [4.78, 5) is 0. The van der Waals surface area contributed by atoms with E-state index >= 15 is 0 Å². The summed E-state index contributed by atoms with van der Waals surface area (Å²) in [5.41, 5.74) is 0.244. The van der Waals surface area contributed by atoms with Crippen LogP contribution in [0.3, 0.4) is 0 Å². The maximum Gasteiger partial charge on any atom is 0.129 e. The Balaban J connectivity index is 2.37. The molecule has 2 N–H and O–H groups in total. The quantitative estimate of drug-likeness (QED) is 0.777. The maximum absolute atomic E-state index is 13.5. The molecular weight excluding hydrogens is 246 g/mol. The number of halogens is 2. The molecule has 1 unspecified atom stereocenters. The third kappa shape index (κ3) is 6.12. The second kappa shape index (κ2) is 6.96. The fourth-order valence-corrected chi connectivity index (χ4v) is 1.86. The minimum atomic E-state index is -0.471. The molecule has 0 bridgehead atoms. The predicted octanol–water partition coefficient (Wildman–Crippen LogP) is 2.87. The summed E-state index contributed by atoms with van der Waals surface area (Å²) in [5, 5.41) is 6.62. The monoisotopic (exact) mass is 270 g/mol. The first-order valence-corrected chi connectivity index (χ1v) is 6.71. The average Bonchev–Trinajstić information content (AvgIpc) is 2.28. The van der Waals surface area contributed by atoms with Crippen LogP contribution in [-0.2, 0) is 6.42 Å². The summed E-state index contributed by atoms with van der Waals surface area (Å²) in [6.45, 7) is 9.84. The zero-order chi connectivity index (χ0) is 14.5. The summed E-state index contributed by atoms with van der Waals surface area (Å²) in [5.74, 6) is -0.942. The smallest absolute Gasteiger partial charge is 0.129 e. The summed E-state index contributed by atoms with van der Waals surface area (Å²) < 4.78 is 27.0. The van der Waals surface area contributed by atoms with Gasteiger partial charge in [0.1, 0.15) is 11.6 Å². The molecule has 4 heteroatoms. The molecule has 1 aromatic rings. The van der Waals surface area contributed by atoms with E-state index in [1.165, 1.54) is 18.2 Å². The molecule has 0 radical (unpaired) electrons. The minimum Gasteiger partial charge on any atom is -0.313 e. The van der Waals surface area contributed by atoms with Crippen molar-refractivity contribution >= 4 is 0 Å². The van der Waals surface area contributed by atoms with Gasteiger partial charge in [-0.1, -0.05) is 6.07 Å². The zero-order valence-electron chi connectivity index (χ0n) is 12.2. The van der Waals surface area contributed by atoms with Gasteiger partial charge in [0.15, 0.2) is 0 Å². The van der Waals surface area contributed by atoms with E-state index in [0.717, 1.165) is 13.1 Å². The van der Waals surface area contributed by atoms with Crippen molar-refractivity contribution in [3.8, 4) is 0 Å². The average molecular weight is 270 g/mol. The Morgan fingerprint density at radius 3 is 2.21 bits per heavy atom. The van der Waals surface area contributed by atoms with E-state index in [2.05, 4.69) is 31.4 Å². The van der Waals surface area contributed by atoms with Gasteiger partial charge in [0.05, 0.1) is 0 Å². The third-order valence-corrected chi connectivity index (χ3v) is 2.85. The molecule has 1 atom stereocenters. The first kappa shape index (κ1) is 16.1. The van der Waals surface area contributed by atoms with Gasteiger partial charge < -0.3 is 10.6 Å². The van der Waals surface area contributed by atoms with Gasteiger partial charge in [-0.05, 0) is 46.2 Å². The SMILES string of the molecule is CC(Cc1c(F)cccc1F)NCCNC(C)(C)C. The van der Waals surface area contributed by atoms with Gasteiger partial charge in [-0.2, -0.15) is 0 Å². The van der Waals surface area contributed by atoms with Crippen LogP contribution in [0.15, 0.2) is 18.2 Å². The van der Waals surface area contributed by atoms with Crippen LogP contribution in [-0.4, -0.2) is 24.7 Å². The summed E-state index contributed by atoms with van der Waals surface area (Å²) in [6, 6.07) is 4.02. The van der Waals surface area contributed by atoms with E-state index in [0.29, 0.717) is 6.42 Å². The second-order valence-electron chi connectivity index (χ2n) is 5.94. The van der Waals surface area contributed by atoms with Crippen LogP contribution in [0.5, 0.6) is 0 Å². The van der Waals surface area contributed by atoms with E-state index in [4.69, 9.17) is 0 Å². The van der Waals surface area contributed by atoms with Gasteiger partial charge >= 0.3 is 0 Å². The molecule has 1 aromatic carbocycles. The van der Waals surface area contributed by atoms with Crippen molar-refractivity contribution in [1.29, 1.82) is 0 Å². The number of benzene rings is 1. The van der Waals surface area contributed by atoms with E-state index in [1.54, 1.807) is 0 Å². The van der Waals surface area contributed by atoms with E-state index in [9.17, 15) is 8.78 Å². The van der Waals surface area contributed by atoms with Crippen molar-refractivity contribution < 1.29 is 8.78 Å². The maximum atomic E-state index is 13.5.